The van der Waals surface area contributed by atoms with E-state index >= 15 is 0 Å². The molecule has 43 heavy (non-hydrogen) atoms. The molecule has 3 saturated heterocycles. The number of ether oxygens (including phenoxy) is 3. The van der Waals surface area contributed by atoms with Gasteiger partial charge in [-0.3, -0.25) is 9.69 Å². The summed E-state index contributed by atoms with van der Waals surface area (Å²) in [6.45, 7) is 23.0. The first-order valence-corrected chi connectivity index (χ1v) is 15.8. The molecule has 0 spiro atoms. The van der Waals surface area contributed by atoms with Crippen molar-refractivity contribution in [2.75, 3.05) is 39.3 Å². The van der Waals surface area contributed by atoms with E-state index in [1.165, 1.54) is 0 Å². The van der Waals surface area contributed by atoms with E-state index in [-0.39, 0.29) is 30.3 Å². The number of nitrogens with one attached hydrogen (secondary N) is 1. The van der Waals surface area contributed by atoms with Gasteiger partial charge in [-0.15, -0.1) is 0 Å². The lowest BCUT2D eigenvalue weighted by atomic mass is 10.0. The average Bonchev–Trinajstić information content (AvgIpc) is 3.16. The Hall–Kier alpha value is -3.30. The number of nitrogens with zero attached hydrogens (tertiary/aromatic N) is 3. The van der Waals surface area contributed by atoms with Crippen molar-refractivity contribution in [1.29, 1.82) is 0 Å². The molecule has 0 radical (unpaired) electrons. The van der Waals surface area contributed by atoms with Gasteiger partial charge >= 0.3 is 6.09 Å². The van der Waals surface area contributed by atoms with Gasteiger partial charge in [0.1, 0.15) is 11.4 Å². The van der Waals surface area contributed by atoms with Gasteiger partial charge < -0.3 is 29.3 Å². The number of fused-ring (bicyclic) bond motifs is 1. The number of allylic oxidation sites excluding steroid dienone is 1. The lowest BCUT2D eigenvalue weighted by Crippen LogP contribution is -2.57. The summed E-state index contributed by atoms with van der Waals surface area (Å²) in [5, 5.41) is 3.20. The Morgan fingerprint density at radius 1 is 1.00 bits per heavy atom. The summed E-state index contributed by atoms with van der Waals surface area (Å²) in [5.74, 6) is 0.675. The molecule has 0 saturated carbocycles. The zero-order valence-electron chi connectivity index (χ0n) is 26.2. The third kappa shape index (κ3) is 7.62. The maximum Gasteiger partial charge on any atom is 0.410 e. The fraction of sp³-hybridized carbons (Fsp3) is 0.588. The van der Waals surface area contributed by atoms with Crippen LogP contribution in [0.15, 0.2) is 49.3 Å². The van der Waals surface area contributed by atoms with Crippen molar-refractivity contribution in [2.45, 2.75) is 89.6 Å². The number of amides is 2. The van der Waals surface area contributed by atoms with E-state index in [4.69, 9.17) is 14.2 Å². The Morgan fingerprint density at radius 2 is 1.74 bits per heavy atom. The summed E-state index contributed by atoms with van der Waals surface area (Å²) in [4.78, 5) is 31.4. The lowest BCUT2D eigenvalue weighted by molar-refractivity contribution is -0.106. The minimum absolute atomic E-state index is 0.0458. The summed E-state index contributed by atoms with van der Waals surface area (Å²) in [6.07, 6.45) is 7.00. The standard InChI is InChI=1S/C34H48N4O5/c1-23-10-13-31(24(2)35-23)38-25(3)29-12-11-27(20-30(29)32(38)39)41-19-9-7-8-16-36-17-14-26(15-18-36)42-28-21-37(22-28)33(40)43-34(4,5)6/h11-12,20,26,28,31,35H,1-3,7-10,13-19,21-22H2,4-6H3. The molecule has 9 nitrogen and oxygen atoms in total. The fourth-order valence-corrected chi connectivity index (χ4v) is 6.24. The molecule has 1 aromatic rings. The van der Waals surface area contributed by atoms with E-state index in [1.54, 1.807) is 9.80 Å². The highest BCUT2D eigenvalue weighted by atomic mass is 16.6. The van der Waals surface area contributed by atoms with Gasteiger partial charge in [0.15, 0.2) is 0 Å². The van der Waals surface area contributed by atoms with Crippen molar-refractivity contribution >= 4 is 17.7 Å². The van der Waals surface area contributed by atoms with Crippen LogP contribution in [0.5, 0.6) is 5.75 Å². The van der Waals surface area contributed by atoms with Gasteiger partial charge in [-0.25, -0.2) is 4.79 Å². The van der Waals surface area contributed by atoms with Gasteiger partial charge in [-0.05, 0) is 90.5 Å². The van der Waals surface area contributed by atoms with Gasteiger partial charge in [0.25, 0.3) is 5.91 Å². The molecule has 0 aromatic heterocycles. The van der Waals surface area contributed by atoms with Crippen molar-refractivity contribution in [1.82, 2.24) is 20.0 Å². The van der Waals surface area contributed by atoms with Crippen molar-refractivity contribution in [3.63, 3.8) is 0 Å². The van der Waals surface area contributed by atoms with E-state index < -0.39 is 5.60 Å². The second-order valence-electron chi connectivity index (χ2n) is 13.2. The SMILES string of the molecule is C=C1CCC(N2C(=C)c3ccc(OCCCCCN4CCC(OC5CN(C(=O)OC(C)(C)C)C5)CC4)cc3C2=O)C(=C)N1. The molecule has 0 bridgehead atoms. The highest BCUT2D eigenvalue weighted by molar-refractivity contribution is 6.09. The Morgan fingerprint density at radius 3 is 2.44 bits per heavy atom. The molecular formula is C34H48N4O5. The van der Waals surface area contributed by atoms with Crippen LogP contribution >= 0.6 is 0 Å². The second kappa shape index (κ2) is 13.1. The van der Waals surface area contributed by atoms with Crippen LogP contribution < -0.4 is 10.1 Å². The van der Waals surface area contributed by atoms with Crippen LogP contribution in [0, 0.1) is 0 Å². The van der Waals surface area contributed by atoms with E-state index in [2.05, 4.69) is 30.0 Å². The largest absolute Gasteiger partial charge is 0.494 e. The summed E-state index contributed by atoms with van der Waals surface area (Å²) < 4.78 is 17.7. The fourth-order valence-electron chi connectivity index (χ4n) is 6.24. The number of carbonyl (C=O) groups is 2. The maximum atomic E-state index is 13.3. The predicted octanol–water partition coefficient (Wildman–Crippen LogP) is 5.54. The first kappa shape index (κ1) is 31.1. The van der Waals surface area contributed by atoms with E-state index in [1.807, 2.05) is 39.0 Å². The Kier molecular flexibility index (Phi) is 9.51. The van der Waals surface area contributed by atoms with Gasteiger partial charge in [-0.2, -0.15) is 0 Å². The minimum Gasteiger partial charge on any atom is -0.494 e. The molecule has 2 amide bonds. The molecule has 4 aliphatic heterocycles. The van der Waals surface area contributed by atoms with Crippen molar-refractivity contribution in [3.8, 4) is 5.75 Å². The highest BCUT2D eigenvalue weighted by Crippen LogP contribution is 2.38. The molecule has 0 aliphatic carbocycles. The molecular weight excluding hydrogens is 544 g/mol. The molecule has 1 N–H and O–H groups in total. The number of carbonyl (C=O) groups excluding carboxylic acids is 2. The van der Waals surface area contributed by atoms with Crippen LogP contribution in [0.2, 0.25) is 0 Å². The molecule has 3 fully saturated rings. The highest BCUT2D eigenvalue weighted by Gasteiger charge is 2.39. The predicted molar refractivity (Wildman–Crippen MR) is 168 cm³/mol. The first-order chi connectivity index (χ1) is 20.5. The number of hydrogen-bond acceptors (Lipinski definition) is 7. The third-order valence-corrected chi connectivity index (χ3v) is 8.62. The Balaban J connectivity index is 0.948. The smallest absolute Gasteiger partial charge is 0.410 e. The summed E-state index contributed by atoms with van der Waals surface area (Å²) >= 11 is 0. The van der Waals surface area contributed by atoms with E-state index in [9.17, 15) is 9.59 Å². The van der Waals surface area contributed by atoms with E-state index in [0.29, 0.717) is 25.3 Å². The van der Waals surface area contributed by atoms with Gasteiger partial charge in [0, 0.05) is 35.7 Å². The van der Waals surface area contributed by atoms with Crippen molar-refractivity contribution in [2.24, 2.45) is 0 Å². The quantitative estimate of drug-likeness (QED) is 0.357. The number of unbranched alkanes of at least 4 members (excludes halogenated alkanes) is 2. The van der Waals surface area contributed by atoms with Crippen LogP contribution in [-0.4, -0.2) is 89.9 Å². The van der Waals surface area contributed by atoms with Gasteiger partial charge in [0.2, 0.25) is 0 Å². The molecule has 5 rings (SSSR count). The maximum absolute atomic E-state index is 13.3. The number of rotatable bonds is 10. The van der Waals surface area contributed by atoms with Gasteiger partial charge in [0.05, 0.1) is 43.5 Å². The molecule has 1 atom stereocenters. The monoisotopic (exact) mass is 592 g/mol. The normalized spacial score (nSPS) is 22.0. The van der Waals surface area contributed by atoms with Crippen LogP contribution in [0.25, 0.3) is 5.70 Å². The summed E-state index contributed by atoms with van der Waals surface area (Å²) in [6, 6.07) is 5.60. The molecule has 9 heteroatoms. The van der Waals surface area contributed by atoms with Gasteiger partial charge in [-0.1, -0.05) is 19.7 Å². The summed E-state index contributed by atoms with van der Waals surface area (Å²) in [5.41, 5.74) is 3.47. The van der Waals surface area contributed by atoms with Crippen molar-refractivity contribution in [3.05, 3.63) is 60.5 Å². The lowest BCUT2D eigenvalue weighted by Gasteiger charge is -2.42. The number of benzene rings is 1. The first-order valence-electron chi connectivity index (χ1n) is 15.8. The average molecular weight is 593 g/mol. The topological polar surface area (TPSA) is 83.6 Å². The minimum atomic E-state index is -0.466. The zero-order valence-corrected chi connectivity index (χ0v) is 26.2. The number of hydrogen-bond donors (Lipinski definition) is 1. The number of piperidine rings is 2. The third-order valence-electron chi connectivity index (χ3n) is 8.62. The Bertz CT molecular complexity index is 1240. The zero-order chi connectivity index (χ0) is 30.7. The van der Waals surface area contributed by atoms with E-state index in [0.717, 1.165) is 93.0 Å². The Labute approximate surface area is 256 Å². The molecule has 234 valence electrons. The summed E-state index contributed by atoms with van der Waals surface area (Å²) in [7, 11) is 0. The van der Waals surface area contributed by atoms with Crippen LogP contribution in [0.1, 0.15) is 81.6 Å². The van der Waals surface area contributed by atoms with Crippen LogP contribution in [-0.2, 0) is 9.47 Å². The van der Waals surface area contributed by atoms with Crippen molar-refractivity contribution < 1.29 is 23.8 Å². The molecule has 1 unspecified atom stereocenters. The number of likely N-dealkylation sites (tertiary alicyclic amines) is 2. The molecule has 4 heterocycles. The molecule has 4 aliphatic rings. The second-order valence-corrected chi connectivity index (χ2v) is 13.2. The molecule has 1 aromatic carbocycles. The van der Waals surface area contributed by atoms with Crippen LogP contribution in [0.3, 0.4) is 0 Å². The van der Waals surface area contributed by atoms with Crippen LogP contribution in [0.4, 0.5) is 4.79 Å².